The molecule has 1 amide bonds. The number of amides is 1. The number of aliphatic imine (C=N–C) groups is 1. The van der Waals surface area contributed by atoms with E-state index in [1.807, 2.05) is 19.1 Å². The Hall–Kier alpha value is -1.79. The summed E-state index contributed by atoms with van der Waals surface area (Å²) in [6, 6.07) is 6.02. The van der Waals surface area contributed by atoms with Gasteiger partial charge in [0, 0.05) is 19.0 Å². The summed E-state index contributed by atoms with van der Waals surface area (Å²) in [5.74, 6) is 0.281. The van der Waals surface area contributed by atoms with E-state index in [0.717, 1.165) is 18.7 Å². The van der Waals surface area contributed by atoms with Crippen LogP contribution in [0, 0.1) is 6.92 Å². The van der Waals surface area contributed by atoms with Crippen LogP contribution in [0.3, 0.4) is 0 Å². The topological polar surface area (TPSA) is 82.8 Å². The molecule has 0 aliphatic carbocycles. The molecule has 0 saturated carbocycles. The second kappa shape index (κ2) is 9.63. The van der Waals surface area contributed by atoms with Gasteiger partial charge in [-0.25, -0.2) is 0 Å². The van der Waals surface area contributed by atoms with Gasteiger partial charge in [-0.1, -0.05) is 24.6 Å². The first-order chi connectivity index (χ1) is 12.0. The number of aryl methyl sites for hydroxylation is 1. The van der Waals surface area contributed by atoms with Crippen molar-refractivity contribution in [2.24, 2.45) is 10.7 Å². The number of nitrogens with two attached hydrogens (primary N) is 1. The smallest absolute Gasteiger partial charge is 0.226 e. The van der Waals surface area contributed by atoms with Gasteiger partial charge in [-0.05, 0) is 50.6 Å². The van der Waals surface area contributed by atoms with Gasteiger partial charge in [0.25, 0.3) is 0 Å². The largest absolute Gasteiger partial charge is 0.370 e. The number of halogens is 1. The summed E-state index contributed by atoms with van der Waals surface area (Å²) in [6.45, 7) is 7.46. The van der Waals surface area contributed by atoms with E-state index in [2.05, 4.69) is 27.4 Å². The average Bonchev–Trinajstić information content (AvgIpc) is 3.03. The molecule has 1 saturated heterocycles. The number of nitrogens with zero attached hydrogens (tertiary/aromatic N) is 2. The normalized spacial score (nSPS) is 18.4. The van der Waals surface area contributed by atoms with E-state index < -0.39 is 0 Å². The highest BCUT2D eigenvalue weighted by molar-refractivity contribution is 6.33. The predicted octanol–water partition coefficient (Wildman–Crippen LogP) is 2.37. The SMILES string of the molecule is CCN1CCCC1CN=C(N)NCCC(=O)Nc1ccc(C)cc1Cl. The van der Waals surface area contributed by atoms with E-state index in [1.54, 1.807) is 6.07 Å². The number of likely N-dealkylation sites (tertiary alicyclic amines) is 1. The maximum Gasteiger partial charge on any atom is 0.226 e. The molecule has 25 heavy (non-hydrogen) atoms. The third-order valence-corrected chi connectivity index (χ3v) is 4.75. The van der Waals surface area contributed by atoms with Crippen molar-refractivity contribution in [1.82, 2.24) is 10.2 Å². The third-order valence-electron chi connectivity index (χ3n) is 4.43. The number of likely N-dealkylation sites (N-methyl/N-ethyl adjacent to an activating group) is 1. The summed E-state index contributed by atoms with van der Waals surface area (Å²) >= 11 is 6.11. The fraction of sp³-hybridized carbons (Fsp3) is 0.556. The molecule has 1 aliphatic rings. The lowest BCUT2D eigenvalue weighted by Crippen LogP contribution is -2.36. The van der Waals surface area contributed by atoms with E-state index in [1.165, 1.54) is 12.8 Å². The van der Waals surface area contributed by atoms with E-state index in [4.69, 9.17) is 17.3 Å². The molecular weight excluding hydrogens is 338 g/mol. The molecule has 0 aromatic heterocycles. The maximum absolute atomic E-state index is 12.0. The molecule has 7 heteroatoms. The van der Waals surface area contributed by atoms with Crippen LogP contribution in [0.25, 0.3) is 0 Å². The highest BCUT2D eigenvalue weighted by Crippen LogP contribution is 2.22. The van der Waals surface area contributed by atoms with Gasteiger partial charge in [-0.15, -0.1) is 0 Å². The van der Waals surface area contributed by atoms with Gasteiger partial charge >= 0.3 is 0 Å². The number of hydrogen-bond donors (Lipinski definition) is 3. The second-order valence-corrected chi connectivity index (χ2v) is 6.77. The van der Waals surface area contributed by atoms with Crippen LogP contribution >= 0.6 is 11.6 Å². The molecule has 0 spiro atoms. The Balaban J connectivity index is 1.70. The van der Waals surface area contributed by atoms with Gasteiger partial charge in [0.2, 0.25) is 5.91 Å². The van der Waals surface area contributed by atoms with Crippen LogP contribution in [-0.2, 0) is 4.79 Å². The fourth-order valence-corrected chi connectivity index (χ4v) is 3.30. The minimum Gasteiger partial charge on any atom is -0.370 e. The first kappa shape index (κ1) is 19.5. The van der Waals surface area contributed by atoms with E-state index in [9.17, 15) is 4.79 Å². The molecule has 1 fully saturated rings. The van der Waals surface area contributed by atoms with E-state index >= 15 is 0 Å². The zero-order valence-electron chi connectivity index (χ0n) is 15.0. The quantitative estimate of drug-likeness (QED) is 0.511. The summed E-state index contributed by atoms with van der Waals surface area (Å²) in [5.41, 5.74) is 7.56. The molecule has 138 valence electrons. The molecule has 1 heterocycles. The Bertz CT molecular complexity index is 619. The Kier molecular flexibility index (Phi) is 7.52. The monoisotopic (exact) mass is 365 g/mol. The van der Waals surface area contributed by atoms with Crippen molar-refractivity contribution in [3.63, 3.8) is 0 Å². The lowest BCUT2D eigenvalue weighted by atomic mass is 10.2. The number of carbonyl (C=O) groups excluding carboxylic acids is 1. The van der Waals surface area contributed by atoms with Crippen molar-refractivity contribution < 1.29 is 4.79 Å². The number of carbonyl (C=O) groups is 1. The highest BCUT2D eigenvalue weighted by Gasteiger charge is 2.22. The fourth-order valence-electron chi connectivity index (χ4n) is 3.02. The Morgan fingerprint density at radius 1 is 1.48 bits per heavy atom. The zero-order valence-corrected chi connectivity index (χ0v) is 15.8. The average molecular weight is 366 g/mol. The van der Waals surface area contributed by atoms with Crippen molar-refractivity contribution >= 4 is 29.2 Å². The summed E-state index contributed by atoms with van der Waals surface area (Å²) in [5, 5.41) is 6.34. The highest BCUT2D eigenvalue weighted by atomic mass is 35.5. The standard InChI is InChI=1S/C18H28ClN5O/c1-3-24-10-4-5-14(24)12-22-18(20)21-9-8-17(25)23-16-7-6-13(2)11-15(16)19/h6-7,11,14H,3-5,8-10,12H2,1-2H3,(H,23,25)(H3,20,21,22). The van der Waals surface area contributed by atoms with Gasteiger partial charge in [0.1, 0.15) is 0 Å². The van der Waals surface area contributed by atoms with Crippen LogP contribution in [0.2, 0.25) is 5.02 Å². The van der Waals surface area contributed by atoms with Crippen LogP contribution in [0.15, 0.2) is 23.2 Å². The molecule has 0 bridgehead atoms. The van der Waals surface area contributed by atoms with Crippen LogP contribution < -0.4 is 16.4 Å². The molecule has 1 aromatic carbocycles. The summed E-state index contributed by atoms with van der Waals surface area (Å²) in [6.07, 6.45) is 2.69. The molecule has 0 radical (unpaired) electrons. The second-order valence-electron chi connectivity index (χ2n) is 6.36. The molecule has 4 N–H and O–H groups in total. The van der Waals surface area contributed by atoms with Gasteiger partial charge in [0.15, 0.2) is 5.96 Å². The molecule has 1 aliphatic heterocycles. The van der Waals surface area contributed by atoms with Crippen molar-refractivity contribution in [2.75, 3.05) is 31.5 Å². The predicted molar refractivity (Wildman–Crippen MR) is 104 cm³/mol. The lowest BCUT2D eigenvalue weighted by Gasteiger charge is -2.20. The van der Waals surface area contributed by atoms with Crippen LogP contribution in [-0.4, -0.2) is 49.0 Å². The number of anilines is 1. The summed E-state index contributed by atoms with van der Waals surface area (Å²) in [4.78, 5) is 18.8. The van der Waals surface area contributed by atoms with Crippen LogP contribution in [0.4, 0.5) is 5.69 Å². The van der Waals surface area contributed by atoms with Gasteiger partial charge in [-0.3, -0.25) is 14.7 Å². The number of benzene rings is 1. The number of guanidine groups is 1. The van der Waals surface area contributed by atoms with Crippen molar-refractivity contribution in [1.29, 1.82) is 0 Å². The van der Waals surface area contributed by atoms with Gasteiger partial charge < -0.3 is 16.4 Å². The Labute approximate surface area is 154 Å². The first-order valence-corrected chi connectivity index (χ1v) is 9.21. The first-order valence-electron chi connectivity index (χ1n) is 8.83. The Morgan fingerprint density at radius 3 is 3.00 bits per heavy atom. The molecule has 2 rings (SSSR count). The number of hydrogen-bond acceptors (Lipinski definition) is 3. The molecule has 1 atom stereocenters. The van der Waals surface area contributed by atoms with E-state index in [-0.39, 0.29) is 5.91 Å². The van der Waals surface area contributed by atoms with E-state index in [0.29, 0.717) is 42.2 Å². The molecular formula is C18H28ClN5O. The molecule has 1 aromatic rings. The minimum absolute atomic E-state index is 0.112. The van der Waals surface area contributed by atoms with Gasteiger partial charge in [0.05, 0.1) is 17.3 Å². The van der Waals surface area contributed by atoms with Crippen molar-refractivity contribution in [3.05, 3.63) is 28.8 Å². The maximum atomic E-state index is 12.0. The number of rotatable bonds is 7. The van der Waals surface area contributed by atoms with Crippen LogP contribution in [0.1, 0.15) is 31.7 Å². The lowest BCUT2D eigenvalue weighted by molar-refractivity contribution is -0.116. The third kappa shape index (κ3) is 6.21. The van der Waals surface area contributed by atoms with Gasteiger partial charge in [-0.2, -0.15) is 0 Å². The molecule has 1 unspecified atom stereocenters. The minimum atomic E-state index is -0.112. The molecule has 6 nitrogen and oxygen atoms in total. The zero-order chi connectivity index (χ0) is 18.2. The van der Waals surface area contributed by atoms with Crippen molar-refractivity contribution in [2.45, 2.75) is 39.2 Å². The number of nitrogens with one attached hydrogen (secondary N) is 2. The summed E-state index contributed by atoms with van der Waals surface area (Å²) < 4.78 is 0. The van der Waals surface area contributed by atoms with Crippen molar-refractivity contribution in [3.8, 4) is 0 Å². The Morgan fingerprint density at radius 2 is 2.28 bits per heavy atom. The summed E-state index contributed by atoms with van der Waals surface area (Å²) in [7, 11) is 0. The van der Waals surface area contributed by atoms with Crippen LogP contribution in [0.5, 0.6) is 0 Å².